The number of hydrogen-bond donors (Lipinski definition) is 1. The smallest absolute Gasteiger partial charge is 0.219 e. The number of anilines is 1. The molecule has 5 nitrogen and oxygen atoms in total. The number of aromatic nitrogens is 2. The zero-order chi connectivity index (χ0) is 17.7. The number of nitrogens with zero attached hydrogens (tertiary/aromatic N) is 4. The van der Waals surface area contributed by atoms with E-state index < -0.39 is 0 Å². The highest BCUT2D eigenvalue weighted by Gasteiger charge is 2.31. The molecule has 3 rings (SSSR count). The van der Waals surface area contributed by atoms with Gasteiger partial charge in [0.2, 0.25) is 5.95 Å². The summed E-state index contributed by atoms with van der Waals surface area (Å²) in [5, 5.41) is 0. The van der Waals surface area contributed by atoms with Gasteiger partial charge in [0.15, 0.2) is 0 Å². The first-order valence-electron chi connectivity index (χ1n) is 9.04. The minimum atomic E-state index is 0.337. The number of hydrogen-bond acceptors (Lipinski definition) is 5. The van der Waals surface area contributed by atoms with Gasteiger partial charge in [0.1, 0.15) is 0 Å². The molecule has 2 heterocycles. The third kappa shape index (κ3) is 5.25. The highest BCUT2D eigenvalue weighted by atomic mass is 15.1. The van der Waals surface area contributed by atoms with Gasteiger partial charge in [-0.1, -0.05) is 37.3 Å². The predicted molar refractivity (Wildman–Crippen MR) is 102 cm³/mol. The van der Waals surface area contributed by atoms with E-state index in [4.69, 9.17) is 5.73 Å². The van der Waals surface area contributed by atoms with E-state index in [0.29, 0.717) is 11.4 Å². The molecule has 1 aliphatic rings. The second-order valence-corrected chi connectivity index (χ2v) is 7.69. The molecule has 0 radical (unpaired) electrons. The fraction of sp³-hybridized carbons (Fsp3) is 0.500. The van der Waals surface area contributed by atoms with E-state index in [-0.39, 0.29) is 0 Å². The van der Waals surface area contributed by atoms with Crippen molar-refractivity contribution in [3.05, 3.63) is 53.9 Å². The van der Waals surface area contributed by atoms with Crippen molar-refractivity contribution in [3.63, 3.8) is 0 Å². The molecule has 5 heteroatoms. The van der Waals surface area contributed by atoms with Crippen molar-refractivity contribution >= 4 is 5.95 Å². The van der Waals surface area contributed by atoms with Gasteiger partial charge in [-0.05, 0) is 44.0 Å². The molecule has 0 bridgehead atoms. The van der Waals surface area contributed by atoms with E-state index in [2.05, 4.69) is 64.1 Å². The SMILES string of the molecule is CN(Cc1cnc(N)nc1)CC1(C)CCN(Cc2ccccc2)CC1. The van der Waals surface area contributed by atoms with Crippen LogP contribution in [0.5, 0.6) is 0 Å². The van der Waals surface area contributed by atoms with Crippen LogP contribution in [0.25, 0.3) is 0 Å². The van der Waals surface area contributed by atoms with E-state index in [1.807, 2.05) is 12.4 Å². The normalized spacial score (nSPS) is 17.7. The van der Waals surface area contributed by atoms with Crippen LogP contribution in [0.3, 0.4) is 0 Å². The number of nitrogen functional groups attached to an aromatic ring is 1. The van der Waals surface area contributed by atoms with Gasteiger partial charge < -0.3 is 10.6 Å². The minimum absolute atomic E-state index is 0.337. The number of nitrogens with two attached hydrogens (primary N) is 1. The van der Waals surface area contributed by atoms with Crippen LogP contribution in [-0.2, 0) is 13.1 Å². The second-order valence-electron chi connectivity index (χ2n) is 7.69. The quantitative estimate of drug-likeness (QED) is 0.877. The van der Waals surface area contributed by atoms with Crippen LogP contribution in [0.4, 0.5) is 5.95 Å². The molecule has 2 aromatic rings. The van der Waals surface area contributed by atoms with Crippen LogP contribution in [0, 0.1) is 5.41 Å². The average molecular weight is 339 g/mol. The Bertz CT molecular complexity index is 648. The maximum absolute atomic E-state index is 5.56. The van der Waals surface area contributed by atoms with Crippen LogP contribution in [0.2, 0.25) is 0 Å². The van der Waals surface area contributed by atoms with Crippen molar-refractivity contribution in [3.8, 4) is 0 Å². The molecule has 0 saturated carbocycles. The Labute approximate surface area is 150 Å². The monoisotopic (exact) mass is 339 g/mol. The standard InChI is InChI=1S/C20H29N5/c1-20(16-24(2)14-18-12-22-19(21)23-13-18)8-10-25(11-9-20)15-17-6-4-3-5-7-17/h3-7,12-13H,8-11,14-16H2,1-2H3,(H2,21,22,23). The maximum atomic E-state index is 5.56. The van der Waals surface area contributed by atoms with Crippen molar-refractivity contribution in [2.24, 2.45) is 5.41 Å². The zero-order valence-corrected chi connectivity index (χ0v) is 15.4. The summed E-state index contributed by atoms with van der Waals surface area (Å²) in [6, 6.07) is 10.8. The lowest BCUT2D eigenvalue weighted by atomic mass is 9.80. The molecule has 1 fully saturated rings. The molecule has 134 valence electrons. The number of piperidine rings is 1. The first kappa shape index (κ1) is 17.8. The van der Waals surface area contributed by atoms with Gasteiger partial charge in [0.05, 0.1) is 0 Å². The molecule has 0 aliphatic carbocycles. The first-order valence-corrected chi connectivity index (χ1v) is 9.04. The summed E-state index contributed by atoms with van der Waals surface area (Å²) in [5.74, 6) is 0.337. The Hall–Kier alpha value is -1.98. The Morgan fingerprint density at radius 3 is 2.36 bits per heavy atom. The van der Waals surface area contributed by atoms with Gasteiger partial charge in [0, 0.05) is 37.6 Å². The molecule has 1 saturated heterocycles. The van der Waals surface area contributed by atoms with Crippen molar-refractivity contribution < 1.29 is 0 Å². The molecular weight excluding hydrogens is 310 g/mol. The molecule has 2 N–H and O–H groups in total. The van der Waals surface area contributed by atoms with Gasteiger partial charge >= 0.3 is 0 Å². The van der Waals surface area contributed by atoms with E-state index in [1.165, 1.54) is 31.5 Å². The maximum Gasteiger partial charge on any atom is 0.219 e. The third-order valence-electron chi connectivity index (χ3n) is 5.14. The van der Waals surface area contributed by atoms with E-state index in [1.54, 1.807) is 0 Å². The summed E-state index contributed by atoms with van der Waals surface area (Å²) in [6.07, 6.45) is 6.12. The Morgan fingerprint density at radius 2 is 1.72 bits per heavy atom. The molecule has 1 aliphatic heterocycles. The van der Waals surface area contributed by atoms with E-state index in [9.17, 15) is 0 Å². The lowest BCUT2D eigenvalue weighted by molar-refractivity contribution is 0.0782. The molecule has 0 spiro atoms. The summed E-state index contributed by atoms with van der Waals surface area (Å²) < 4.78 is 0. The fourth-order valence-corrected chi connectivity index (χ4v) is 3.72. The van der Waals surface area contributed by atoms with Gasteiger partial charge in [-0.3, -0.25) is 4.90 Å². The summed E-state index contributed by atoms with van der Waals surface area (Å²) in [5.41, 5.74) is 8.45. The highest BCUT2D eigenvalue weighted by molar-refractivity contribution is 5.17. The van der Waals surface area contributed by atoms with Gasteiger partial charge in [-0.15, -0.1) is 0 Å². The average Bonchev–Trinajstić information content (AvgIpc) is 2.60. The van der Waals surface area contributed by atoms with Crippen LogP contribution in [0.15, 0.2) is 42.7 Å². The molecule has 25 heavy (non-hydrogen) atoms. The van der Waals surface area contributed by atoms with Crippen molar-refractivity contribution in [2.45, 2.75) is 32.9 Å². The zero-order valence-electron chi connectivity index (χ0n) is 15.4. The lowest BCUT2D eigenvalue weighted by Crippen LogP contribution is -2.43. The summed E-state index contributed by atoms with van der Waals surface area (Å²) >= 11 is 0. The van der Waals surface area contributed by atoms with Crippen molar-refractivity contribution in [1.82, 2.24) is 19.8 Å². The van der Waals surface area contributed by atoms with Gasteiger partial charge in [-0.25, -0.2) is 9.97 Å². The van der Waals surface area contributed by atoms with E-state index >= 15 is 0 Å². The number of rotatable bonds is 6. The summed E-state index contributed by atoms with van der Waals surface area (Å²) in [7, 11) is 2.18. The Kier molecular flexibility index (Phi) is 5.66. The summed E-state index contributed by atoms with van der Waals surface area (Å²) in [6.45, 7) is 7.78. The number of benzene rings is 1. The molecular formula is C20H29N5. The van der Waals surface area contributed by atoms with Gasteiger partial charge in [-0.2, -0.15) is 0 Å². The summed E-state index contributed by atoms with van der Waals surface area (Å²) in [4.78, 5) is 13.1. The molecule has 0 atom stereocenters. The molecule has 0 unspecified atom stereocenters. The van der Waals surface area contributed by atoms with Crippen molar-refractivity contribution in [2.75, 3.05) is 32.4 Å². The molecule has 1 aromatic carbocycles. The Morgan fingerprint density at radius 1 is 1.08 bits per heavy atom. The molecule has 1 aromatic heterocycles. The van der Waals surface area contributed by atoms with Crippen molar-refractivity contribution in [1.29, 1.82) is 0 Å². The van der Waals surface area contributed by atoms with E-state index in [0.717, 1.165) is 25.2 Å². The Balaban J connectivity index is 1.47. The minimum Gasteiger partial charge on any atom is -0.368 e. The topological polar surface area (TPSA) is 58.3 Å². The first-order chi connectivity index (χ1) is 12.0. The van der Waals surface area contributed by atoms with Crippen LogP contribution >= 0.6 is 0 Å². The molecule has 0 amide bonds. The third-order valence-corrected chi connectivity index (χ3v) is 5.14. The van der Waals surface area contributed by atoms with Crippen LogP contribution in [0.1, 0.15) is 30.9 Å². The van der Waals surface area contributed by atoms with Gasteiger partial charge in [0.25, 0.3) is 0 Å². The van der Waals surface area contributed by atoms with Crippen LogP contribution in [-0.4, -0.2) is 46.4 Å². The fourth-order valence-electron chi connectivity index (χ4n) is 3.72. The number of likely N-dealkylation sites (tertiary alicyclic amines) is 1. The van der Waals surface area contributed by atoms with Crippen LogP contribution < -0.4 is 5.73 Å². The predicted octanol–water partition coefficient (Wildman–Crippen LogP) is 2.79. The second kappa shape index (κ2) is 7.93. The largest absolute Gasteiger partial charge is 0.368 e. The lowest BCUT2D eigenvalue weighted by Gasteiger charge is -2.41. The highest BCUT2D eigenvalue weighted by Crippen LogP contribution is 2.32.